The van der Waals surface area contributed by atoms with Gasteiger partial charge in [0.25, 0.3) is 0 Å². The molecule has 2 unspecified atom stereocenters. The van der Waals surface area contributed by atoms with Gasteiger partial charge < -0.3 is 15.6 Å². The molecule has 1 aliphatic heterocycles. The molecule has 1 aliphatic rings. The third-order valence-electron chi connectivity index (χ3n) is 3.00. The molecular weight excluding hydrogens is 188 g/mol. The Morgan fingerprint density at radius 3 is 2.40 bits per heavy atom. The number of piperidine rings is 1. The normalized spacial score (nSPS) is 27.0. The fourth-order valence-corrected chi connectivity index (χ4v) is 2.57. The maximum atomic E-state index is 5.90. The second-order valence-electron chi connectivity index (χ2n) is 4.91. The maximum absolute atomic E-state index is 5.90. The van der Waals surface area contributed by atoms with Crippen molar-refractivity contribution in [3.05, 3.63) is 5.82 Å². The number of nitrogens with two attached hydrogens (primary N) is 1. The van der Waals surface area contributed by atoms with E-state index in [0.717, 1.165) is 36.6 Å². The van der Waals surface area contributed by atoms with Crippen molar-refractivity contribution in [1.82, 2.24) is 9.97 Å². The minimum Gasteiger partial charge on any atom is -0.382 e. The molecule has 3 N–H and O–H groups in total. The molecule has 0 aromatic carbocycles. The van der Waals surface area contributed by atoms with E-state index in [1.165, 1.54) is 6.42 Å². The average Bonchev–Trinajstić information content (AvgIpc) is 2.43. The van der Waals surface area contributed by atoms with Gasteiger partial charge in [0.1, 0.15) is 11.6 Å². The third-order valence-corrected chi connectivity index (χ3v) is 3.00. The molecule has 1 aromatic rings. The van der Waals surface area contributed by atoms with Crippen molar-refractivity contribution >= 4 is 11.6 Å². The van der Waals surface area contributed by atoms with E-state index in [0.29, 0.717) is 5.82 Å². The lowest BCUT2D eigenvalue weighted by Crippen LogP contribution is -2.39. The van der Waals surface area contributed by atoms with E-state index in [1.807, 2.05) is 6.92 Å². The monoisotopic (exact) mass is 208 g/mol. The van der Waals surface area contributed by atoms with Gasteiger partial charge in [0.2, 0.25) is 0 Å². The highest BCUT2D eigenvalue weighted by atomic mass is 15.2. The molecule has 0 amide bonds. The summed E-state index contributed by atoms with van der Waals surface area (Å²) in [4.78, 5) is 9.81. The van der Waals surface area contributed by atoms with Crippen LogP contribution < -0.4 is 10.6 Å². The average molecular weight is 208 g/mol. The first-order chi connectivity index (χ1) is 7.06. The van der Waals surface area contributed by atoms with Gasteiger partial charge in [-0.15, -0.1) is 0 Å². The maximum Gasteiger partial charge on any atom is 0.171 e. The minimum atomic E-state index is 0.703. The van der Waals surface area contributed by atoms with Crippen molar-refractivity contribution in [2.75, 3.05) is 23.7 Å². The molecule has 4 nitrogen and oxygen atoms in total. The lowest BCUT2D eigenvalue weighted by atomic mass is 9.92. The van der Waals surface area contributed by atoms with Gasteiger partial charge in [0, 0.05) is 13.1 Å². The predicted molar refractivity (Wildman–Crippen MR) is 62.9 cm³/mol. The number of nitrogens with zero attached hydrogens (tertiary/aromatic N) is 2. The number of anilines is 2. The van der Waals surface area contributed by atoms with Gasteiger partial charge in [-0.1, -0.05) is 13.8 Å². The number of rotatable bonds is 1. The SMILES string of the molecule is Cc1nc(N2CC(C)CC(C)C2)c(N)[nH]1. The van der Waals surface area contributed by atoms with E-state index in [4.69, 9.17) is 5.73 Å². The lowest BCUT2D eigenvalue weighted by Gasteiger charge is -2.35. The first-order valence-electron chi connectivity index (χ1n) is 5.63. The standard InChI is InChI=1S/C11H20N4/c1-7-4-8(2)6-15(5-7)11-10(12)13-9(3)14-11/h7-8H,4-6,12H2,1-3H3,(H,13,14). The third kappa shape index (κ3) is 2.08. The van der Waals surface area contributed by atoms with Crippen molar-refractivity contribution in [1.29, 1.82) is 0 Å². The molecule has 4 heteroatoms. The van der Waals surface area contributed by atoms with Crippen molar-refractivity contribution in [3.63, 3.8) is 0 Å². The largest absolute Gasteiger partial charge is 0.382 e. The van der Waals surface area contributed by atoms with Gasteiger partial charge in [0.05, 0.1) is 0 Å². The van der Waals surface area contributed by atoms with Crippen LogP contribution in [0.15, 0.2) is 0 Å². The van der Waals surface area contributed by atoms with Crippen molar-refractivity contribution in [3.8, 4) is 0 Å². The van der Waals surface area contributed by atoms with Gasteiger partial charge in [-0.05, 0) is 25.2 Å². The quantitative estimate of drug-likeness (QED) is 0.739. The van der Waals surface area contributed by atoms with Crippen molar-refractivity contribution in [2.45, 2.75) is 27.2 Å². The smallest absolute Gasteiger partial charge is 0.171 e. The van der Waals surface area contributed by atoms with Crippen molar-refractivity contribution < 1.29 is 0 Å². The first-order valence-corrected chi connectivity index (χ1v) is 5.63. The van der Waals surface area contributed by atoms with Gasteiger partial charge in [0.15, 0.2) is 5.82 Å². The highest BCUT2D eigenvalue weighted by Crippen LogP contribution is 2.28. The molecule has 84 valence electrons. The van der Waals surface area contributed by atoms with Gasteiger partial charge in [-0.2, -0.15) is 0 Å². The number of imidazole rings is 1. The van der Waals surface area contributed by atoms with Crippen LogP contribution in [0.25, 0.3) is 0 Å². The molecule has 2 heterocycles. The van der Waals surface area contributed by atoms with Crippen LogP contribution in [-0.2, 0) is 0 Å². The number of hydrogen-bond acceptors (Lipinski definition) is 3. The number of nitrogens with one attached hydrogen (secondary N) is 1. The van der Waals surface area contributed by atoms with Crippen LogP contribution in [0.1, 0.15) is 26.1 Å². The Kier molecular flexibility index (Phi) is 2.59. The van der Waals surface area contributed by atoms with Crippen LogP contribution in [0.5, 0.6) is 0 Å². The zero-order valence-electron chi connectivity index (χ0n) is 9.75. The van der Waals surface area contributed by atoms with Gasteiger partial charge in [-0.3, -0.25) is 0 Å². The fourth-order valence-electron chi connectivity index (χ4n) is 2.57. The molecule has 0 aliphatic carbocycles. The second kappa shape index (κ2) is 3.76. The van der Waals surface area contributed by atoms with E-state index >= 15 is 0 Å². The van der Waals surface area contributed by atoms with Crippen LogP contribution in [-0.4, -0.2) is 23.1 Å². The van der Waals surface area contributed by atoms with E-state index in [9.17, 15) is 0 Å². The first kappa shape index (κ1) is 10.3. The number of aromatic nitrogens is 2. The van der Waals surface area contributed by atoms with Gasteiger partial charge >= 0.3 is 0 Å². The summed E-state index contributed by atoms with van der Waals surface area (Å²) < 4.78 is 0. The van der Waals surface area contributed by atoms with E-state index in [1.54, 1.807) is 0 Å². The summed E-state index contributed by atoms with van der Waals surface area (Å²) in [5.74, 6) is 3.99. The number of aryl methyl sites for hydroxylation is 1. The van der Waals surface area contributed by atoms with Crippen LogP contribution in [0.4, 0.5) is 11.6 Å². The topological polar surface area (TPSA) is 57.9 Å². The zero-order chi connectivity index (χ0) is 11.0. The summed E-state index contributed by atoms with van der Waals surface area (Å²) in [5, 5.41) is 0. The van der Waals surface area contributed by atoms with Crippen LogP contribution in [0.2, 0.25) is 0 Å². The molecule has 0 spiro atoms. The number of hydrogen-bond donors (Lipinski definition) is 2. The van der Waals surface area contributed by atoms with Crippen LogP contribution in [0.3, 0.4) is 0 Å². The summed E-state index contributed by atoms with van der Waals surface area (Å²) in [6.07, 6.45) is 1.31. The summed E-state index contributed by atoms with van der Waals surface area (Å²) in [7, 11) is 0. The second-order valence-corrected chi connectivity index (χ2v) is 4.91. The lowest BCUT2D eigenvalue weighted by molar-refractivity contribution is 0.355. The highest BCUT2D eigenvalue weighted by Gasteiger charge is 2.24. The molecular formula is C11H20N4. The Balaban J connectivity index is 2.19. The molecule has 2 atom stereocenters. The highest BCUT2D eigenvalue weighted by molar-refractivity contribution is 5.59. The van der Waals surface area contributed by atoms with E-state index in [-0.39, 0.29) is 0 Å². The fraction of sp³-hybridized carbons (Fsp3) is 0.727. The van der Waals surface area contributed by atoms with Gasteiger partial charge in [-0.25, -0.2) is 4.98 Å². The molecule has 1 saturated heterocycles. The molecule has 0 radical (unpaired) electrons. The van der Waals surface area contributed by atoms with E-state index < -0.39 is 0 Å². The predicted octanol–water partition coefficient (Wildman–Crippen LogP) is 1.78. The molecule has 0 saturated carbocycles. The Bertz CT molecular complexity index is 334. The van der Waals surface area contributed by atoms with Crippen molar-refractivity contribution in [2.24, 2.45) is 11.8 Å². The summed E-state index contributed by atoms with van der Waals surface area (Å²) in [6, 6.07) is 0. The number of aromatic amines is 1. The Labute approximate surface area is 90.9 Å². The van der Waals surface area contributed by atoms with Crippen LogP contribution in [0, 0.1) is 18.8 Å². The minimum absolute atomic E-state index is 0.703. The van der Waals surface area contributed by atoms with E-state index in [2.05, 4.69) is 28.7 Å². The summed E-state index contributed by atoms with van der Waals surface area (Å²) in [6.45, 7) is 8.66. The Morgan fingerprint density at radius 1 is 1.33 bits per heavy atom. The van der Waals surface area contributed by atoms with Crippen LogP contribution >= 0.6 is 0 Å². The Hall–Kier alpha value is -1.19. The molecule has 1 aromatic heterocycles. The summed E-state index contributed by atoms with van der Waals surface area (Å²) in [5.41, 5.74) is 5.90. The Morgan fingerprint density at radius 2 is 1.93 bits per heavy atom. The molecule has 1 fully saturated rings. The molecule has 2 rings (SSSR count). The zero-order valence-corrected chi connectivity index (χ0v) is 9.75. The summed E-state index contributed by atoms with van der Waals surface area (Å²) >= 11 is 0. The molecule has 0 bridgehead atoms. The molecule has 15 heavy (non-hydrogen) atoms. The number of nitrogen functional groups attached to an aromatic ring is 1. The number of H-pyrrole nitrogens is 1.